The first-order chi connectivity index (χ1) is 27.3. The third-order valence-corrected chi connectivity index (χ3v) is 10.5. The van der Waals surface area contributed by atoms with E-state index in [-0.39, 0.29) is 23.7 Å². The van der Waals surface area contributed by atoms with Crippen LogP contribution >= 0.6 is 0 Å². The number of aryl methyl sites for hydroxylation is 1. The summed E-state index contributed by atoms with van der Waals surface area (Å²) in [5.74, 6) is 3.89. The van der Waals surface area contributed by atoms with Crippen molar-refractivity contribution in [1.29, 1.82) is 0 Å². The number of anilines is 2. The minimum Gasteiger partial charge on any atom is -0.493 e. The number of ether oxygens (including phenoxy) is 5. The van der Waals surface area contributed by atoms with Crippen LogP contribution in [0.3, 0.4) is 0 Å². The van der Waals surface area contributed by atoms with Gasteiger partial charge in [0.2, 0.25) is 5.91 Å². The van der Waals surface area contributed by atoms with Gasteiger partial charge in [0.15, 0.2) is 23.0 Å². The predicted molar refractivity (Wildman–Crippen MR) is 217 cm³/mol. The van der Waals surface area contributed by atoms with Crippen LogP contribution in [0.2, 0.25) is 0 Å². The molecule has 1 aliphatic carbocycles. The molecule has 0 radical (unpaired) electrons. The molecule has 0 spiro atoms. The lowest BCUT2D eigenvalue weighted by molar-refractivity contribution is -0.118. The van der Waals surface area contributed by atoms with Crippen molar-refractivity contribution in [2.24, 2.45) is 17.8 Å². The fourth-order valence-corrected chi connectivity index (χ4v) is 7.25. The van der Waals surface area contributed by atoms with Crippen molar-refractivity contribution >= 4 is 28.3 Å². The van der Waals surface area contributed by atoms with Crippen molar-refractivity contribution in [3.63, 3.8) is 0 Å². The minimum absolute atomic E-state index is 0.0567. The molecule has 0 bridgehead atoms. The SMILES string of the molecule is COc1ccc(CN(Cc2ccc(OC)c(OC)c2)c2nc(-c3cnccc3C)cc3cc(NC(=O)C4C(C)C4COCc4ccccc4)ncc23)cc1OC. The number of fused-ring (bicyclic) bond motifs is 1. The molecule has 7 rings (SSSR count). The Hall–Kier alpha value is -6.20. The smallest absolute Gasteiger partial charge is 0.229 e. The fourth-order valence-electron chi connectivity index (χ4n) is 7.25. The second kappa shape index (κ2) is 17.1. The van der Waals surface area contributed by atoms with Gasteiger partial charge in [0.1, 0.15) is 11.6 Å². The van der Waals surface area contributed by atoms with Gasteiger partial charge in [-0.25, -0.2) is 9.97 Å². The molecule has 1 amide bonds. The van der Waals surface area contributed by atoms with Crippen LogP contribution < -0.4 is 29.2 Å². The van der Waals surface area contributed by atoms with E-state index in [2.05, 4.69) is 22.1 Å². The Balaban J connectivity index is 1.24. The Morgan fingerprint density at radius 1 is 0.768 bits per heavy atom. The third-order valence-electron chi connectivity index (χ3n) is 10.5. The van der Waals surface area contributed by atoms with Crippen LogP contribution in [0.5, 0.6) is 23.0 Å². The van der Waals surface area contributed by atoms with Gasteiger partial charge in [-0.15, -0.1) is 0 Å². The average Bonchev–Trinajstić information content (AvgIpc) is 3.88. The number of aromatic nitrogens is 3. The van der Waals surface area contributed by atoms with Crippen LogP contribution in [-0.4, -0.2) is 55.9 Å². The largest absolute Gasteiger partial charge is 0.493 e. The van der Waals surface area contributed by atoms with E-state index in [4.69, 9.17) is 33.7 Å². The summed E-state index contributed by atoms with van der Waals surface area (Å²) < 4.78 is 28.4. The van der Waals surface area contributed by atoms with E-state index >= 15 is 0 Å². The maximum absolute atomic E-state index is 13.6. The van der Waals surface area contributed by atoms with Gasteiger partial charge >= 0.3 is 0 Å². The Labute approximate surface area is 327 Å². The molecule has 3 unspecified atom stereocenters. The van der Waals surface area contributed by atoms with Gasteiger partial charge in [-0.1, -0.05) is 49.4 Å². The third kappa shape index (κ3) is 8.38. The molecule has 6 aromatic rings. The molecule has 1 aliphatic rings. The van der Waals surface area contributed by atoms with Crippen molar-refractivity contribution in [2.45, 2.75) is 33.5 Å². The molecule has 1 N–H and O–H groups in total. The summed E-state index contributed by atoms with van der Waals surface area (Å²) in [6.45, 7) is 6.13. The molecule has 56 heavy (non-hydrogen) atoms. The van der Waals surface area contributed by atoms with Crippen molar-refractivity contribution in [3.05, 3.63) is 126 Å². The number of amides is 1. The lowest BCUT2D eigenvalue weighted by atomic mass is 10.0. The maximum Gasteiger partial charge on any atom is 0.229 e. The zero-order valence-corrected chi connectivity index (χ0v) is 32.6. The van der Waals surface area contributed by atoms with Crippen molar-refractivity contribution in [3.8, 4) is 34.3 Å². The molecule has 3 aromatic heterocycles. The van der Waals surface area contributed by atoms with Crippen LogP contribution in [-0.2, 0) is 29.2 Å². The predicted octanol–water partition coefficient (Wildman–Crippen LogP) is 8.28. The quantitative estimate of drug-likeness (QED) is 0.104. The molecule has 11 nitrogen and oxygen atoms in total. The number of carbonyl (C=O) groups excluding carboxylic acids is 1. The van der Waals surface area contributed by atoms with Gasteiger partial charge in [-0.05, 0) is 88.9 Å². The minimum atomic E-state index is -0.150. The Morgan fingerprint density at radius 3 is 2.05 bits per heavy atom. The van der Waals surface area contributed by atoms with E-state index in [9.17, 15) is 4.79 Å². The van der Waals surface area contributed by atoms with Crippen LogP contribution in [0, 0.1) is 24.7 Å². The second-order valence-corrected chi connectivity index (χ2v) is 14.1. The maximum atomic E-state index is 13.6. The molecule has 1 saturated carbocycles. The van der Waals surface area contributed by atoms with Crippen molar-refractivity contribution in [1.82, 2.24) is 15.0 Å². The lowest BCUT2D eigenvalue weighted by Crippen LogP contribution is -2.24. The normalized spacial score (nSPS) is 15.9. The van der Waals surface area contributed by atoms with E-state index in [1.807, 2.05) is 98.0 Å². The Morgan fingerprint density at radius 2 is 1.43 bits per heavy atom. The highest BCUT2D eigenvalue weighted by Crippen LogP contribution is 2.47. The van der Waals surface area contributed by atoms with E-state index in [0.717, 1.165) is 44.3 Å². The molecule has 11 heteroatoms. The van der Waals surface area contributed by atoms with E-state index in [0.29, 0.717) is 60.9 Å². The molecular weight excluding hydrogens is 707 g/mol. The summed E-state index contributed by atoms with van der Waals surface area (Å²) in [6, 6.07) is 27.8. The van der Waals surface area contributed by atoms with Crippen LogP contribution in [0.15, 0.2) is 104 Å². The second-order valence-electron chi connectivity index (χ2n) is 14.1. The standard InChI is InChI=1S/C45H47N5O6/c1-28-16-17-46-22-34(28)37-20-33-21-42(49-45(51)43-29(2)36(43)27-56-26-30-10-8-7-9-11-30)47-23-35(33)44(48-37)50(24-31-12-14-38(52-3)40(18-31)54-5)25-32-13-15-39(53-4)41(19-32)55-6/h7-23,29,36,43H,24-27H2,1-6H3,(H,47,49,51). The number of methoxy groups -OCH3 is 4. The van der Waals surface area contributed by atoms with E-state index in [1.54, 1.807) is 40.8 Å². The number of nitrogens with one attached hydrogen (secondary N) is 1. The molecule has 1 fully saturated rings. The molecule has 288 valence electrons. The summed E-state index contributed by atoms with van der Waals surface area (Å²) in [5.41, 5.74) is 5.77. The Bertz CT molecular complexity index is 2260. The zero-order valence-electron chi connectivity index (χ0n) is 32.6. The van der Waals surface area contributed by atoms with Gasteiger partial charge in [-0.3, -0.25) is 9.78 Å². The van der Waals surface area contributed by atoms with Gasteiger partial charge < -0.3 is 33.9 Å². The number of hydrogen-bond acceptors (Lipinski definition) is 10. The molecular formula is C45H47N5O6. The van der Waals surface area contributed by atoms with Gasteiger partial charge in [0.25, 0.3) is 0 Å². The van der Waals surface area contributed by atoms with Gasteiger partial charge in [0.05, 0.1) is 47.3 Å². The first-order valence-corrected chi connectivity index (χ1v) is 18.6. The summed E-state index contributed by atoms with van der Waals surface area (Å²) in [4.78, 5) is 30.3. The lowest BCUT2D eigenvalue weighted by Gasteiger charge is -2.27. The summed E-state index contributed by atoms with van der Waals surface area (Å²) >= 11 is 0. The van der Waals surface area contributed by atoms with Gasteiger partial charge in [0, 0.05) is 48.5 Å². The Kier molecular flexibility index (Phi) is 11.6. The molecule has 0 aliphatic heterocycles. The van der Waals surface area contributed by atoms with Crippen molar-refractivity contribution in [2.75, 3.05) is 45.3 Å². The highest BCUT2D eigenvalue weighted by atomic mass is 16.5. The average molecular weight is 754 g/mol. The van der Waals surface area contributed by atoms with E-state index in [1.165, 1.54) is 0 Å². The van der Waals surface area contributed by atoms with Crippen LogP contribution in [0.4, 0.5) is 11.6 Å². The molecule has 0 saturated heterocycles. The molecule has 3 atom stereocenters. The first kappa shape index (κ1) is 38.1. The van der Waals surface area contributed by atoms with Gasteiger partial charge in [-0.2, -0.15) is 0 Å². The number of hydrogen-bond donors (Lipinski definition) is 1. The molecule has 3 aromatic carbocycles. The number of pyridine rings is 3. The highest BCUT2D eigenvalue weighted by molar-refractivity contribution is 5.99. The summed E-state index contributed by atoms with van der Waals surface area (Å²) in [7, 11) is 6.50. The number of benzene rings is 3. The number of carbonyl (C=O) groups is 1. The topological polar surface area (TPSA) is 117 Å². The highest BCUT2D eigenvalue weighted by Gasteiger charge is 2.51. The fraction of sp³-hybridized carbons (Fsp3) is 0.289. The number of rotatable bonds is 16. The molecule has 3 heterocycles. The van der Waals surface area contributed by atoms with Crippen LogP contribution in [0.25, 0.3) is 22.0 Å². The van der Waals surface area contributed by atoms with E-state index < -0.39 is 0 Å². The number of nitrogens with zero attached hydrogens (tertiary/aromatic N) is 4. The monoisotopic (exact) mass is 753 g/mol. The first-order valence-electron chi connectivity index (χ1n) is 18.6. The summed E-state index contributed by atoms with van der Waals surface area (Å²) in [5, 5.41) is 4.80. The summed E-state index contributed by atoms with van der Waals surface area (Å²) in [6.07, 6.45) is 5.40. The van der Waals surface area contributed by atoms with Crippen LogP contribution in [0.1, 0.15) is 29.2 Å². The van der Waals surface area contributed by atoms with Crippen molar-refractivity contribution < 1.29 is 28.5 Å². The zero-order chi connectivity index (χ0) is 39.2.